The quantitative estimate of drug-likeness (QED) is 0.850. The van der Waals surface area contributed by atoms with Crippen LogP contribution in [0, 0.1) is 12.7 Å². The maximum absolute atomic E-state index is 14.5. The number of likely N-dealkylation sites (tertiary alicyclic amines) is 1. The zero-order chi connectivity index (χ0) is 19.7. The number of carbonyl (C=O) groups is 1. The second-order valence-electron chi connectivity index (χ2n) is 7.26. The first-order valence-electron chi connectivity index (χ1n) is 9.29. The van der Waals surface area contributed by atoms with Crippen LogP contribution in [0.15, 0.2) is 36.4 Å². The number of nitrogens with one attached hydrogen (secondary N) is 1. The van der Waals surface area contributed by atoms with E-state index in [1.54, 1.807) is 17.0 Å². The Morgan fingerprint density at radius 3 is 2.64 bits per heavy atom. The third-order valence-electron chi connectivity index (χ3n) is 5.42. The number of methoxy groups -OCH3 is 1. The molecule has 2 saturated heterocycles. The summed E-state index contributed by atoms with van der Waals surface area (Å²) in [5.74, 6) is 0.443. The van der Waals surface area contributed by atoms with Gasteiger partial charge in [-0.25, -0.2) is 9.18 Å². The number of hydrogen-bond donors (Lipinski definition) is 1. The highest BCUT2D eigenvalue weighted by molar-refractivity contribution is 5.90. The molecule has 28 heavy (non-hydrogen) atoms. The van der Waals surface area contributed by atoms with Crippen molar-refractivity contribution < 1.29 is 23.4 Å². The van der Waals surface area contributed by atoms with E-state index in [1.165, 1.54) is 19.2 Å². The van der Waals surface area contributed by atoms with Crippen LogP contribution in [0.1, 0.15) is 18.4 Å². The minimum atomic E-state index is -0.567. The monoisotopic (exact) mass is 386 g/mol. The summed E-state index contributed by atoms with van der Waals surface area (Å²) in [5, 5.41) is 2.77. The molecule has 2 aliphatic heterocycles. The van der Waals surface area contributed by atoms with Crippen molar-refractivity contribution in [3.8, 4) is 17.2 Å². The van der Waals surface area contributed by atoms with E-state index in [0.29, 0.717) is 36.9 Å². The molecule has 2 amide bonds. The molecule has 1 atom stereocenters. The van der Waals surface area contributed by atoms with Gasteiger partial charge in [0.1, 0.15) is 0 Å². The van der Waals surface area contributed by atoms with E-state index >= 15 is 0 Å². The summed E-state index contributed by atoms with van der Waals surface area (Å²) >= 11 is 0. The summed E-state index contributed by atoms with van der Waals surface area (Å²) < 4.78 is 30.9. The fraction of sp³-hybridized carbons (Fsp3) is 0.381. The van der Waals surface area contributed by atoms with Gasteiger partial charge in [0.05, 0.1) is 19.3 Å². The largest absolute Gasteiger partial charge is 0.493 e. The molecule has 0 bridgehead atoms. The van der Waals surface area contributed by atoms with Crippen molar-refractivity contribution in [1.29, 1.82) is 0 Å². The van der Waals surface area contributed by atoms with Crippen molar-refractivity contribution in [2.24, 2.45) is 0 Å². The molecular formula is C21H23FN2O4. The fourth-order valence-corrected chi connectivity index (χ4v) is 3.69. The number of urea groups is 1. The van der Waals surface area contributed by atoms with Gasteiger partial charge < -0.3 is 24.4 Å². The van der Waals surface area contributed by atoms with Crippen LogP contribution in [0.3, 0.4) is 0 Å². The average Bonchev–Trinajstić information content (AvgIpc) is 3.16. The Labute approximate surface area is 163 Å². The molecule has 0 aromatic heterocycles. The van der Waals surface area contributed by atoms with Gasteiger partial charge in [-0.15, -0.1) is 0 Å². The molecule has 7 heteroatoms. The molecule has 0 saturated carbocycles. The molecule has 1 N–H and O–H groups in total. The van der Waals surface area contributed by atoms with Crippen molar-refractivity contribution in [1.82, 2.24) is 4.90 Å². The summed E-state index contributed by atoms with van der Waals surface area (Å²) in [6.07, 6.45) is 1.79. The number of aryl methyl sites for hydroxylation is 1. The van der Waals surface area contributed by atoms with E-state index in [9.17, 15) is 9.18 Å². The highest BCUT2D eigenvalue weighted by atomic mass is 19.1. The Bertz CT molecular complexity index is 896. The first-order valence-corrected chi connectivity index (χ1v) is 9.29. The van der Waals surface area contributed by atoms with Gasteiger partial charge in [-0.1, -0.05) is 6.07 Å². The number of anilines is 1. The van der Waals surface area contributed by atoms with E-state index in [4.69, 9.17) is 14.2 Å². The van der Waals surface area contributed by atoms with Gasteiger partial charge in [-0.3, -0.25) is 0 Å². The molecule has 148 valence electrons. The minimum absolute atomic E-state index is 0.0600. The SMILES string of the molecule is COc1cc(C)ccc1Oc1ccc(NC(=O)N2CCC23CCOC3)cc1F. The number of rotatable bonds is 4. The molecule has 0 radical (unpaired) electrons. The lowest BCUT2D eigenvalue weighted by atomic mass is 9.84. The Balaban J connectivity index is 1.45. The van der Waals surface area contributed by atoms with Crippen molar-refractivity contribution in [3.63, 3.8) is 0 Å². The number of benzene rings is 2. The lowest BCUT2D eigenvalue weighted by Gasteiger charge is -2.49. The topological polar surface area (TPSA) is 60.0 Å². The summed E-state index contributed by atoms with van der Waals surface area (Å²) in [4.78, 5) is 14.3. The van der Waals surface area contributed by atoms with Crippen LogP contribution < -0.4 is 14.8 Å². The molecular weight excluding hydrogens is 363 g/mol. The van der Waals surface area contributed by atoms with Crippen molar-refractivity contribution >= 4 is 11.7 Å². The minimum Gasteiger partial charge on any atom is -0.493 e. The summed E-state index contributed by atoms with van der Waals surface area (Å²) in [5.41, 5.74) is 1.21. The van der Waals surface area contributed by atoms with Crippen molar-refractivity contribution in [3.05, 3.63) is 47.8 Å². The van der Waals surface area contributed by atoms with E-state index in [-0.39, 0.29) is 17.3 Å². The van der Waals surface area contributed by atoms with Crippen LogP contribution in [0.2, 0.25) is 0 Å². The molecule has 6 nitrogen and oxygen atoms in total. The van der Waals surface area contributed by atoms with Gasteiger partial charge in [0.15, 0.2) is 23.1 Å². The predicted octanol–water partition coefficient (Wildman–Crippen LogP) is 4.33. The second-order valence-corrected chi connectivity index (χ2v) is 7.26. The van der Waals surface area contributed by atoms with Crippen LogP contribution in [-0.4, -0.2) is 43.3 Å². The smallest absolute Gasteiger partial charge is 0.322 e. The normalized spacial score (nSPS) is 20.8. The first-order chi connectivity index (χ1) is 13.5. The standard InChI is InChI=1S/C21H23FN2O4/c1-14-3-5-18(19(11-14)26-2)28-17-6-4-15(12-16(17)22)23-20(25)24-9-7-21(24)8-10-27-13-21/h3-6,11-12H,7-10,13H2,1-2H3,(H,23,25). The van der Waals surface area contributed by atoms with E-state index in [0.717, 1.165) is 18.4 Å². The highest BCUT2D eigenvalue weighted by Gasteiger charge is 2.50. The number of ether oxygens (including phenoxy) is 3. The van der Waals surface area contributed by atoms with Gasteiger partial charge >= 0.3 is 6.03 Å². The Morgan fingerprint density at radius 1 is 1.18 bits per heavy atom. The molecule has 2 fully saturated rings. The molecule has 0 aliphatic carbocycles. The number of hydrogen-bond acceptors (Lipinski definition) is 4. The Morgan fingerprint density at radius 2 is 2.00 bits per heavy atom. The lowest BCUT2D eigenvalue weighted by molar-refractivity contribution is 0.0197. The van der Waals surface area contributed by atoms with Crippen LogP contribution in [0.5, 0.6) is 17.2 Å². The van der Waals surface area contributed by atoms with Gasteiger partial charge in [-0.05, 0) is 49.6 Å². The molecule has 2 aliphatic rings. The zero-order valence-corrected chi connectivity index (χ0v) is 16.0. The summed E-state index contributed by atoms with van der Waals surface area (Å²) in [6, 6.07) is 9.55. The van der Waals surface area contributed by atoms with E-state index < -0.39 is 5.82 Å². The summed E-state index contributed by atoms with van der Waals surface area (Å²) in [7, 11) is 1.54. The zero-order valence-electron chi connectivity index (χ0n) is 16.0. The maximum atomic E-state index is 14.5. The molecule has 2 aromatic carbocycles. The van der Waals surface area contributed by atoms with Crippen LogP contribution in [0.4, 0.5) is 14.9 Å². The number of carbonyl (C=O) groups excluding carboxylic acids is 1. The predicted molar refractivity (Wildman–Crippen MR) is 103 cm³/mol. The number of nitrogens with zero attached hydrogens (tertiary/aromatic N) is 1. The molecule has 1 unspecified atom stereocenters. The number of halogens is 1. The maximum Gasteiger partial charge on any atom is 0.322 e. The van der Waals surface area contributed by atoms with Crippen LogP contribution in [0.25, 0.3) is 0 Å². The summed E-state index contributed by atoms with van der Waals surface area (Å²) in [6.45, 7) is 3.86. The first kappa shape index (κ1) is 18.6. The Hall–Kier alpha value is -2.80. The van der Waals surface area contributed by atoms with Gasteiger partial charge in [-0.2, -0.15) is 0 Å². The third kappa shape index (κ3) is 3.38. The molecule has 1 spiro atoms. The fourth-order valence-electron chi connectivity index (χ4n) is 3.69. The Kier molecular flexibility index (Phi) is 4.85. The highest BCUT2D eigenvalue weighted by Crippen LogP contribution is 2.38. The van der Waals surface area contributed by atoms with Gasteiger partial charge in [0.2, 0.25) is 0 Å². The second kappa shape index (κ2) is 7.31. The molecule has 2 heterocycles. The van der Waals surface area contributed by atoms with Crippen molar-refractivity contribution in [2.75, 3.05) is 32.2 Å². The van der Waals surface area contributed by atoms with Crippen molar-refractivity contribution in [2.45, 2.75) is 25.3 Å². The van der Waals surface area contributed by atoms with Gasteiger partial charge in [0.25, 0.3) is 0 Å². The molecule has 4 rings (SSSR count). The van der Waals surface area contributed by atoms with E-state index in [2.05, 4.69) is 5.32 Å². The van der Waals surface area contributed by atoms with Crippen LogP contribution in [-0.2, 0) is 4.74 Å². The van der Waals surface area contributed by atoms with Crippen LogP contribution >= 0.6 is 0 Å². The number of amides is 2. The van der Waals surface area contributed by atoms with E-state index in [1.807, 2.05) is 19.1 Å². The molecule has 2 aromatic rings. The lowest BCUT2D eigenvalue weighted by Crippen LogP contribution is -2.63. The van der Waals surface area contributed by atoms with Gasteiger partial charge in [0, 0.05) is 24.9 Å². The average molecular weight is 386 g/mol. The third-order valence-corrected chi connectivity index (χ3v) is 5.42.